The predicted molar refractivity (Wildman–Crippen MR) is 104 cm³/mol. The summed E-state index contributed by atoms with van der Waals surface area (Å²) < 4.78 is 30.1. The van der Waals surface area contributed by atoms with E-state index in [1.807, 2.05) is 24.4 Å². The van der Waals surface area contributed by atoms with Gasteiger partial charge in [0.2, 0.25) is 0 Å². The highest BCUT2D eigenvalue weighted by atomic mass is 19.1. The normalized spacial score (nSPS) is 21.7. The number of rotatable bonds is 3. The van der Waals surface area contributed by atoms with E-state index >= 15 is 0 Å². The smallest absolute Gasteiger partial charge is 0.160 e. The molecule has 3 heterocycles. The van der Waals surface area contributed by atoms with Gasteiger partial charge in [-0.2, -0.15) is 0 Å². The fourth-order valence-corrected chi connectivity index (χ4v) is 4.34. The van der Waals surface area contributed by atoms with E-state index in [0.29, 0.717) is 5.56 Å². The Morgan fingerprint density at radius 1 is 1.14 bits per heavy atom. The lowest BCUT2D eigenvalue weighted by atomic mass is 9.93. The first-order chi connectivity index (χ1) is 13.7. The molecule has 0 spiro atoms. The molecule has 1 saturated heterocycles. The van der Waals surface area contributed by atoms with Crippen LogP contribution in [0.4, 0.5) is 14.6 Å². The quantitative estimate of drug-likeness (QED) is 0.647. The van der Waals surface area contributed by atoms with Crippen molar-refractivity contribution in [1.29, 1.82) is 0 Å². The average molecular weight is 378 g/mol. The topological polar surface area (TPSA) is 33.4 Å². The molecule has 1 aromatic carbocycles. The number of allylic oxidation sites excluding steroid dienone is 4. The van der Waals surface area contributed by atoms with Crippen LogP contribution in [0, 0.1) is 11.6 Å². The predicted octanol–water partition coefficient (Wildman–Crippen LogP) is 4.95. The van der Waals surface area contributed by atoms with E-state index in [9.17, 15) is 8.78 Å². The number of halogens is 2. The molecule has 0 N–H and O–H groups in total. The number of hydrogen-bond acceptors (Lipinski definition) is 3. The Hall–Kier alpha value is -3.02. The number of hydrogen-bond donors (Lipinski definition) is 0. The first-order valence-electron chi connectivity index (χ1n) is 9.60. The summed E-state index contributed by atoms with van der Waals surface area (Å²) in [5.74, 6) is 0.184. The summed E-state index contributed by atoms with van der Waals surface area (Å²) in [7, 11) is 0. The molecule has 0 saturated carbocycles. The second-order valence-electron chi connectivity index (χ2n) is 7.30. The first-order valence-corrected chi connectivity index (χ1v) is 9.60. The van der Waals surface area contributed by atoms with Crippen LogP contribution in [-0.4, -0.2) is 21.1 Å². The van der Waals surface area contributed by atoms with Gasteiger partial charge in [0.1, 0.15) is 11.6 Å². The summed E-state index contributed by atoms with van der Waals surface area (Å²) in [4.78, 5) is 6.68. The van der Waals surface area contributed by atoms with Crippen molar-refractivity contribution in [2.24, 2.45) is 0 Å². The molecule has 2 unspecified atom stereocenters. The Balaban J connectivity index is 1.65. The van der Waals surface area contributed by atoms with Gasteiger partial charge in [0.05, 0.1) is 6.04 Å². The molecule has 142 valence electrons. The minimum atomic E-state index is -0.416. The molecule has 0 amide bonds. The van der Waals surface area contributed by atoms with Gasteiger partial charge in [-0.25, -0.2) is 18.3 Å². The van der Waals surface area contributed by atoms with Crippen LogP contribution >= 0.6 is 0 Å². The molecule has 0 bridgehead atoms. The Morgan fingerprint density at radius 2 is 2.07 bits per heavy atom. The molecule has 0 radical (unpaired) electrons. The highest BCUT2D eigenvalue weighted by molar-refractivity contribution is 5.66. The Kier molecular flexibility index (Phi) is 4.19. The number of benzene rings is 1. The number of anilines is 1. The van der Waals surface area contributed by atoms with Crippen molar-refractivity contribution < 1.29 is 8.78 Å². The van der Waals surface area contributed by atoms with Crippen molar-refractivity contribution in [3.8, 4) is 0 Å². The third-order valence-corrected chi connectivity index (χ3v) is 5.60. The van der Waals surface area contributed by atoms with Gasteiger partial charge in [-0.3, -0.25) is 0 Å². The summed E-state index contributed by atoms with van der Waals surface area (Å²) in [6.45, 7) is 0.754. The average Bonchev–Trinajstić information content (AvgIpc) is 3.34. The van der Waals surface area contributed by atoms with Crippen molar-refractivity contribution in [2.75, 3.05) is 11.4 Å². The van der Waals surface area contributed by atoms with Gasteiger partial charge in [-0.1, -0.05) is 24.3 Å². The standard InChI is InChI=1S/C22H20F2N4/c23-16-9-10-18(24)17(14-16)19-8-4-12-27(19)22-20(15-6-2-1-3-7-15)21-25-11-5-13-28(21)26-22/h1-3,5-6,9-11,13-15,19H,4,7-8,12H2. The lowest BCUT2D eigenvalue weighted by Crippen LogP contribution is -2.25. The molecule has 5 rings (SSSR count). The highest BCUT2D eigenvalue weighted by Crippen LogP contribution is 2.42. The van der Waals surface area contributed by atoms with E-state index in [1.54, 1.807) is 10.7 Å². The second-order valence-corrected chi connectivity index (χ2v) is 7.30. The van der Waals surface area contributed by atoms with E-state index in [1.165, 1.54) is 12.1 Å². The minimum Gasteiger partial charge on any atom is -0.348 e. The Bertz CT molecular complexity index is 1090. The highest BCUT2D eigenvalue weighted by Gasteiger charge is 2.34. The molecule has 4 nitrogen and oxygen atoms in total. The lowest BCUT2D eigenvalue weighted by molar-refractivity contribution is 0.559. The van der Waals surface area contributed by atoms with Gasteiger partial charge in [0, 0.05) is 36.0 Å². The lowest BCUT2D eigenvalue weighted by Gasteiger charge is -2.27. The maximum atomic E-state index is 14.5. The maximum Gasteiger partial charge on any atom is 0.160 e. The third-order valence-electron chi connectivity index (χ3n) is 5.60. The molecule has 28 heavy (non-hydrogen) atoms. The molecule has 1 fully saturated rings. The summed E-state index contributed by atoms with van der Waals surface area (Å²) in [5, 5.41) is 4.80. The molecule has 2 aromatic heterocycles. The molecule has 2 aliphatic rings. The number of aromatic nitrogens is 3. The molecule has 2 atom stereocenters. The number of nitrogens with zero attached hydrogens (tertiary/aromatic N) is 4. The largest absolute Gasteiger partial charge is 0.348 e. The van der Waals surface area contributed by atoms with Gasteiger partial charge in [0.25, 0.3) is 0 Å². The monoisotopic (exact) mass is 378 g/mol. The summed E-state index contributed by atoms with van der Waals surface area (Å²) in [5.41, 5.74) is 2.25. The Morgan fingerprint density at radius 3 is 2.93 bits per heavy atom. The van der Waals surface area contributed by atoms with Crippen LogP contribution in [0.15, 0.2) is 61.0 Å². The zero-order chi connectivity index (χ0) is 19.1. The van der Waals surface area contributed by atoms with Crippen molar-refractivity contribution in [1.82, 2.24) is 14.6 Å². The van der Waals surface area contributed by atoms with E-state index in [2.05, 4.69) is 22.0 Å². The van der Waals surface area contributed by atoms with Gasteiger partial charge in [0.15, 0.2) is 11.5 Å². The number of fused-ring (bicyclic) bond motifs is 1. The van der Waals surface area contributed by atoms with Crippen molar-refractivity contribution in [3.63, 3.8) is 0 Å². The van der Waals surface area contributed by atoms with Crippen LogP contribution in [0.3, 0.4) is 0 Å². The van der Waals surface area contributed by atoms with E-state index in [0.717, 1.165) is 48.9 Å². The fourth-order valence-electron chi connectivity index (χ4n) is 4.34. The van der Waals surface area contributed by atoms with Crippen LogP contribution in [-0.2, 0) is 0 Å². The van der Waals surface area contributed by atoms with Crippen LogP contribution in [0.1, 0.15) is 42.3 Å². The molecular formula is C22H20F2N4. The van der Waals surface area contributed by atoms with E-state index in [-0.39, 0.29) is 17.8 Å². The van der Waals surface area contributed by atoms with Crippen LogP contribution in [0.5, 0.6) is 0 Å². The van der Waals surface area contributed by atoms with Gasteiger partial charge in [-0.15, -0.1) is 5.10 Å². The van der Waals surface area contributed by atoms with Crippen molar-refractivity contribution >= 4 is 11.5 Å². The maximum absolute atomic E-state index is 14.5. The SMILES string of the molecule is Fc1ccc(F)c(C2CCCN2c2nn3cccnc3c2C2C=CC=CC2)c1. The zero-order valence-corrected chi connectivity index (χ0v) is 15.3. The molecule has 3 aromatic rings. The van der Waals surface area contributed by atoms with Gasteiger partial charge in [-0.05, 0) is 43.5 Å². The first kappa shape index (κ1) is 17.1. The van der Waals surface area contributed by atoms with Crippen LogP contribution in [0.2, 0.25) is 0 Å². The van der Waals surface area contributed by atoms with Gasteiger partial charge >= 0.3 is 0 Å². The summed E-state index contributed by atoms with van der Waals surface area (Å²) in [6.07, 6.45) is 14.6. The van der Waals surface area contributed by atoms with Crippen LogP contribution in [0.25, 0.3) is 5.65 Å². The van der Waals surface area contributed by atoms with Crippen molar-refractivity contribution in [2.45, 2.75) is 31.2 Å². The van der Waals surface area contributed by atoms with E-state index in [4.69, 9.17) is 5.10 Å². The second kappa shape index (κ2) is 6.86. The van der Waals surface area contributed by atoms with Crippen molar-refractivity contribution in [3.05, 3.63) is 83.7 Å². The minimum absolute atomic E-state index is 0.158. The molecule has 1 aliphatic heterocycles. The third kappa shape index (κ3) is 2.80. The summed E-state index contributed by atoms with van der Waals surface area (Å²) >= 11 is 0. The summed E-state index contributed by atoms with van der Waals surface area (Å²) in [6, 6.07) is 5.30. The Labute approximate surface area is 161 Å². The van der Waals surface area contributed by atoms with Crippen LogP contribution < -0.4 is 4.90 Å². The molecular weight excluding hydrogens is 358 g/mol. The zero-order valence-electron chi connectivity index (χ0n) is 15.3. The fraction of sp³-hybridized carbons (Fsp3) is 0.273. The van der Waals surface area contributed by atoms with E-state index < -0.39 is 5.82 Å². The molecule has 1 aliphatic carbocycles. The van der Waals surface area contributed by atoms with Gasteiger partial charge < -0.3 is 4.90 Å². The molecule has 6 heteroatoms.